The Morgan fingerprint density at radius 3 is 2.62 bits per heavy atom. The molecule has 6 heteroatoms. The van der Waals surface area contributed by atoms with Crippen LogP contribution in [-0.4, -0.2) is 13.4 Å². The van der Waals surface area contributed by atoms with E-state index in [1.54, 1.807) is 29.7 Å². The second-order valence-corrected chi connectivity index (χ2v) is 8.86. The molecular weight excluding hydrogens is 340 g/mol. The Morgan fingerprint density at radius 2 is 1.96 bits per heavy atom. The molecule has 0 spiro atoms. The summed E-state index contributed by atoms with van der Waals surface area (Å²) in [6.07, 6.45) is 1.69. The third-order valence-corrected chi connectivity index (χ3v) is 6.33. The molecule has 0 bridgehead atoms. The van der Waals surface area contributed by atoms with Crippen LogP contribution < -0.4 is 4.72 Å². The fourth-order valence-electron chi connectivity index (χ4n) is 2.68. The first-order valence-corrected chi connectivity index (χ1v) is 10.2. The van der Waals surface area contributed by atoms with E-state index in [1.165, 1.54) is 0 Å². The summed E-state index contributed by atoms with van der Waals surface area (Å²) in [5, 5.41) is 2.79. The SMILES string of the molecule is Cc1cnc2c(S(=O)(=O)N[C@H](c3cccs3)C(C)C)cccc2c1. The van der Waals surface area contributed by atoms with Crippen LogP contribution in [0, 0.1) is 12.8 Å². The topological polar surface area (TPSA) is 59.1 Å². The molecule has 4 nitrogen and oxygen atoms in total. The number of aromatic nitrogens is 1. The third kappa shape index (κ3) is 3.36. The highest BCUT2D eigenvalue weighted by Crippen LogP contribution is 2.29. The van der Waals surface area contributed by atoms with Gasteiger partial charge in [0.2, 0.25) is 10.0 Å². The summed E-state index contributed by atoms with van der Waals surface area (Å²) in [4.78, 5) is 5.58. The van der Waals surface area contributed by atoms with Crippen LogP contribution in [0.4, 0.5) is 0 Å². The fraction of sp³-hybridized carbons (Fsp3) is 0.278. The number of rotatable bonds is 5. The number of thiophene rings is 1. The van der Waals surface area contributed by atoms with Crippen molar-refractivity contribution in [3.8, 4) is 0 Å². The van der Waals surface area contributed by atoms with Crippen molar-refractivity contribution in [2.45, 2.75) is 31.7 Å². The highest BCUT2D eigenvalue weighted by Gasteiger charge is 2.26. The molecule has 1 atom stereocenters. The molecule has 0 unspecified atom stereocenters. The minimum Gasteiger partial charge on any atom is -0.255 e. The summed E-state index contributed by atoms with van der Waals surface area (Å²) < 4.78 is 28.9. The molecule has 0 saturated heterocycles. The normalized spacial score (nSPS) is 13.5. The van der Waals surface area contributed by atoms with Gasteiger partial charge in [-0.25, -0.2) is 13.1 Å². The van der Waals surface area contributed by atoms with Gasteiger partial charge < -0.3 is 0 Å². The van der Waals surface area contributed by atoms with E-state index < -0.39 is 10.0 Å². The van der Waals surface area contributed by atoms with Crippen LogP contribution in [0.1, 0.15) is 30.3 Å². The molecular formula is C18H20N2O2S2. The van der Waals surface area contributed by atoms with Crippen LogP contribution in [-0.2, 0) is 10.0 Å². The Morgan fingerprint density at radius 1 is 1.17 bits per heavy atom. The zero-order chi connectivity index (χ0) is 17.3. The Hall–Kier alpha value is -1.76. The summed E-state index contributed by atoms with van der Waals surface area (Å²) >= 11 is 1.56. The van der Waals surface area contributed by atoms with Gasteiger partial charge in [-0.3, -0.25) is 4.98 Å². The Labute approximate surface area is 146 Å². The highest BCUT2D eigenvalue weighted by atomic mass is 32.2. The lowest BCUT2D eigenvalue weighted by atomic mass is 10.0. The van der Waals surface area contributed by atoms with E-state index in [2.05, 4.69) is 9.71 Å². The van der Waals surface area contributed by atoms with E-state index in [0.29, 0.717) is 5.52 Å². The summed E-state index contributed by atoms with van der Waals surface area (Å²) in [5.41, 5.74) is 1.51. The van der Waals surface area contributed by atoms with E-state index in [1.807, 2.05) is 50.4 Å². The fourth-order valence-corrected chi connectivity index (χ4v) is 5.25. The average molecular weight is 361 g/mol. The number of nitrogens with zero attached hydrogens (tertiary/aromatic N) is 1. The first-order valence-electron chi connectivity index (χ1n) is 7.79. The Bertz CT molecular complexity index is 948. The summed E-state index contributed by atoms with van der Waals surface area (Å²) in [5.74, 6) is 0.142. The molecule has 24 heavy (non-hydrogen) atoms. The predicted molar refractivity (Wildman–Crippen MR) is 98.7 cm³/mol. The molecule has 3 rings (SSSR count). The van der Waals surface area contributed by atoms with Gasteiger partial charge in [0.15, 0.2) is 0 Å². The smallest absolute Gasteiger partial charge is 0.243 e. The molecule has 2 heterocycles. The number of fused-ring (bicyclic) bond motifs is 1. The zero-order valence-corrected chi connectivity index (χ0v) is 15.5. The molecule has 0 amide bonds. The molecule has 1 N–H and O–H groups in total. The summed E-state index contributed by atoms with van der Waals surface area (Å²) in [7, 11) is -3.68. The van der Waals surface area contributed by atoms with Gasteiger partial charge in [-0.1, -0.05) is 32.0 Å². The van der Waals surface area contributed by atoms with Gasteiger partial charge in [-0.2, -0.15) is 0 Å². The molecule has 0 saturated carbocycles. The van der Waals surface area contributed by atoms with Crippen LogP contribution in [0.5, 0.6) is 0 Å². The molecule has 2 aromatic heterocycles. The number of hydrogen-bond acceptors (Lipinski definition) is 4. The lowest BCUT2D eigenvalue weighted by molar-refractivity contribution is 0.469. The number of aryl methyl sites for hydroxylation is 1. The lowest BCUT2D eigenvalue weighted by Crippen LogP contribution is -2.31. The monoisotopic (exact) mass is 360 g/mol. The van der Waals surface area contributed by atoms with Gasteiger partial charge in [0.25, 0.3) is 0 Å². The van der Waals surface area contributed by atoms with Gasteiger partial charge in [0.05, 0.1) is 11.6 Å². The van der Waals surface area contributed by atoms with Crippen molar-refractivity contribution in [3.63, 3.8) is 0 Å². The van der Waals surface area contributed by atoms with Crippen molar-refractivity contribution in [2.24, 2.45) is 5.92 Å². The first kappa shape index (κ1) is 17.1. The van der Waals surface area contributed by atoms with Crippen molar-refractivity contribution < 1.29 is 8.42 Å². The molecule has 1 aromatic carbocycles. The molecule has 0 aliphatic carbocycles. The summed E-state index contributed by atoms with van der Waals surface area (Å²) in [6, 6.07) is 10.8. The number of hydrogen-bond donors (Lipinski definition) is 1. The second-order valence-electron chi connectivity index (χ2n) is 6.20. The Kier molecular flexibility index (Phi) is 4.71. The molecule has 3 aromatic rings. The second kappa shape index (κ2) is 6.63. The van der Waals surface area contributed by atoms with Crippen LogP contribution in [0.2, 0.25) is 0 Å². The minimum atomic E-state index is -3.68. The van der Waals surface area contributed by atoms with E-state index >= 15 is 0 Å². The Balaban J connectivity index is 2.05. The number of sulfonamides is 1. The van der Waals surface area contributed by atoms with Crippen LogP contribution in [0.15, 0.2) is 52.9 Å². The van der Waals surface area contributed by atoms with Crippen molar-refractivity contribution >= 4 is 32.3 Å². The molecule has 126 valence electrons. The molecule has 0 aliphatic rings. The minimum absolute atomic E-state index is 0.142. The van der Waals surface area contributed by atoms with Crippen molar-refractivity contribution in [2.75, 3.05) is 0 Å². The van der Waals surface area contributed by atoms with E-state index in [-0.39, 0.29) is 16.9 Å². The largest absolute Gasteiger partial charge is 0.255 e. The number of para-hydroxylation sites is 1. The lowest BCUT2D eigenvalue weighted by Gasteiger charge is -2.21. The number of pyridine rings is 1. The van der Waals surface area contributed by atoms with Gasteiger partial charge in [0.1, 0.15) is 4.90 Å². The molecule has 0 radical (unpaired) electrons. The average Bonchev–Trinajstić information content (AvgIpc) is 3.05. The highest BCUT2D eigenvalue weighted by molar-refractivity contribution is 7.89. The third-order valence-electron chi connectivity index (χ3n) is 3.90. The van der Waals surface area contributed by atoms with Gasteiger partial charge in [-0.05, 0) is 42.0 Å². The maximum absolute atomic E-state index is 13.0. The zero-order valence-electron chi connectivity index (χ0n) is 13.9. The van der Waals surface area contributed by atoms with Crippen molar-refractivity contribution in [3.05, 3.63) is 58.4 Å². The van der Waals surface area contributed by atoms with E-state index in [9.17, 15) is 8.42 Å². The van der Waals surface area contributed by atoms with E-state index in [4.69, 9.17) is 0 Å². The maximum atomic E-state index is 13.0. The van der Waals surface area contributed by atoms with Crippen molar-refractivity contribution in [1.82, 2.24) is 9.71 Å². The van der Waals surface area contributed by atoms with Crippen LogP contribution in [0.3, 0.4) is 0 Å². The summed E-state index contributed by atoms with van der Waals surface area (Å²) in [6.45, 7) is 5.96. The van der Waals surface area contributed by atoms with Crippen molar-refractivity contribution in [1.29, 1.82) is 0 Å². The standard InChI is InChI=1S/C18H20N2O2S2/c1-12(2)17(15-7-5-9-23-15)20-24(21,22)16-8-4-6-14-10-13(3)11-19-18(14)16/h4-12,17,20H,1-3H3/t17-/m0/s1. The van der Waals surface area contributed by atoms with Crippen LogP contribution in [0.25, 0.3) is 10.9 Å². The molecule has 0 fully saturated rings. The maximum Gasteiger partial charge on any atom is 0.243 e. The predicted octanol–water partition coefficient (Wildman–Crippen LogP) is 4.28. The van der Waals surface area contributed by atoms with Gasteiger partial charge in [0, 0.05) is 16.5 Å². The first-order chi connectivity index (χ1) is 11.4. The van der Waals surface area contributed by atoms with E-state index in [0.717, 1.165) is 15.8 Å². The van der Waals surface area contributed by atoms with Gasteiger partial charge in [-0.15, -0.1) is 11.3 Å². The van der Waals surface area contributed by atoms with Crippen LogP contribution >= 0.6 is 11.3 Å². The van der Waals surface area contributed by atoms with Gasteiger partial charge >= 0.3 is 0 Å². The quantitative estimate of drug-likeness (QED) is 0.739. The number of nitrogens with one attached hydrogen (secondary N) is 1. The number of benzene rings is 1. The molecule has 0 aliphatic heterocycles.